The van der Waals surface area contributed by atoms with Crippen LogP contribution in [0.25, 0.3) is 49.4 Å². The molecule has 2 unspecified atom stereocenters. The Morgan fingerprint density at radius 1 is 0.704 bits per heavy atom. The molecule has 2 heterocycles. The molecule has 6 aromatic carbocycles. The van der Waals surface area contributed by atoms with E-state index in [0.717, 1.165) is 50.9 Å². The lowest BCUT2D eigenvalue weighted by atomic mass is 9.77. The van der Waals surface area contributed by atoms with Gasteiger partial charge in [0.15, 0.2) is 5.84 Å². The van der Waals surface area contributed by atoms with Gasteiger partial charge in [0.2, 0.25) is 0 Å². The minimum atomic E-state index is -0.337. The topological polar surface area (TPSA) is 49.9 Å². The van der Waals surface area contributed by atoms with Crippen molar-refractivity contribution >= 4 is 50.0 Å². The Morgan fingerprint density at radius 2 is 1.52 bits per heavy atom. The maximum absolute atomic E-state index is 6.29. The average molecular weight is 696 g/mol. The zero-order valence-corrected chi connectivity index (χ0v) is 30.2. The molecule has 258 valence electrons. The van der Waals surface area contributed by atoms with Crippen LogP contribution >= 0.6 is 0 Å². The van der Waals surface area contributed by atoms with E-state index in [1.165, 1.54) is 49.7 Å². The molecule has 4 aliphatic rings. The summed E-state index contributed by atoms with van der Waals surface area (Å²) in [4.78, 5) is 10.4. The number of rotatable bonds is 4. The summed E-state index contributed by atoms with van der Waals surface area (Å²) in [5.74, 6) is 1.89. The third kappa shape index (κ3) is 4.76. The van der Waals surface area contributed by atoms with E-state index in [1.54, 1.807) is 0 Å². The van der Waals surface area contributed by atoms with Crippen molar-refractivity contribution in [3.05, 3.63) is 197 Å². The molecule has 4 heteroatoms. The highest BCUT2D eigenvalue weighted by Gasteiger charge is 2.40. The van der Waals surface area contributed by atoms with Gasteiger partial charge in [-0.1, -0.05) is 147 Å². The van der Waals surface area contributed by atoms with Gasteiger partial charge < -0.3 is 9.73 Å². The normalized spacial score (nSPS) is 19.4. The number of hydrogen-bond acceptors (Lipinski definition) is 4. The first-order valence-corrected chi connectivity index (χ1v) is 18.9. The third-order valence-corrected chi connectivity index (χ3v) is 11.8. The molecule has 11 rings (SSSR count). The lowest BCUT2D eigenvalue weighted by molar-refractivity contribution is 0.649. The minimum absolute atomic E-state index is 0.232. The van der Waals surface area contributed by atoms with Crippen LogP contribution in [0.1, 0.15) is 59.8 Å². The van der Waals surface area contributed by atoms with Crippen molar-refractivity contribution in [3.8, 4) is 11.1 Å². The fraction of sp³-hybridized carbons (Fsp3) is 0.120. The summed E-state index contributed by atoms with van der Waals surface area (Å²) in [5.41, 5.74) is 14.1. The fourth-order valence-electron chi connectivity index (χ4n) is 9.15. The van der Waals surface area contributed by atoms with Gasteiger partial charge in [-0.15, -0.1) is 0 Å². The zero-order valence-electron chi connectivity index (χ0n) is 30.2. The number of amidine groups is 2. The van der Waals surface area contributed by atoms with E-state index >= 15 is 0 Å². The molecule has 1 aromatic heterocycles. The molecule has 0 saturated heterocycles. The van der Waals surface area contributed by atoms with Crippen LogP contribution in [0, 0.1) is 5.92 Å². The second-order valence-corrected chi connectivity index (χ2v) is 15.4. The third-order valence-electron chi connectivity index (χ3n) is 11.8. The first kappa shape index (κ1) is 31.0. The van der Waals surface area contributed by atoms with Crippen molar-refractivity contribution in [2.45, 2.75) is 31.8 Å². The smallest absolute Gasteiger partial charge is 0.159 e. The van der Waals surface area contributed by atoms with Gasteiger partial charge in [0, 0.05) is 33.2 Å². The number of benzene rings is 6. The van der Waals surface area contributed by atoms with Crippen LogP contribution in [0.4, 0.5) is 0 Å². The summed E-state index contributed by atoms with van der Waals surface area (Å²) in [7, 11) is 0. The summed E-state index contributed by atoms with van der Waals surface area (Å²) in [5, 5.41) is 8.52. The van der Waals surface area contributed by atoms with Crippen LogP contribution in [0.15, 0.2) is 178 Å². The van der Waals surface area contributed by atoms with Gasteiger partial charge in [0.1, 0.15) is 23.2 Å². The van der Waals surface area contributed by atoms with Gasteiger partial charge in [0.05, 0.1) is 0 Å². The van der Waals surface area contributed by atoms with Crippen molar-refractivity contribution in [2.24, 2.45) is 15.9 Å². The molecular formula is C50H37N3O. The van der Waals surface area contributed by atoms with E-state index in [1.807, 2.05) is 18.2 Å². The molecule has 0 fully saturated rings. The first-order chi connectivity index (χ1) is 26.5. The van der Waals surface area contributed by atoms with Crippen molar-refractivity contribution < 1.29 is 4.42 Å². The second kappa shape index (κ2) is 11.7. The molecule has 3 aliphatic carbocycles. The number of fused-ring (bicyclic) bond motifs is 9. The molecule has 0 saturated carbocycles. The van der Waals surface area contributed by atoms with Gasteiger partial charge in [0.25, 0.3) is 0 Å². The summed E-state index contributed by atoms with van der Waals surface area (Å²) in [6, 6.07) is 43.2. The number of nitrogens with zero attached hydrogens (tertiary/aromatic N) is 2. The highest BCUT2D eigenvalue weighted by Crippen LogP contribution is 2.55. The van der Waals surface area contributed by atoms with Crippen molar-refractivity contribution in [2.75, 3.05) is 0 Å². The Balaban J connectivity index is 1.05. The van der Waals surface area contributed by atoms with Crippen molar-refractivity contribution in [3.63, 3.8) is 0 Å². The fourth-order valence-corrected chi connectivity index (χ4v) is 9.15. The highest BCUT2D eigenvalue weighted by atomic mass is 16.3. The Labute approximate surface area is 314 Å². The van der Waals surface area contributed by atoms with Crippen LogP contribution < -0.4 is 5.32 Å². The van der Waals surface area contributed by atoms with Crippen molar-refractivity contribution in [1.82, 2.24) is 5.32 Å². The van der Waals surface area contributed by atoms with Crippen LogP contribution in [0.2, 0.25) is 0 Å². The van der Waals surface area contributed by atoms with Gasteiger partial charge in [-0.05, 0) is 86.0 Å². The van der Waals surface area contributed by atoms with Crippen molar-refractivity contribution in [1.29, 1.82) is 0 Å². The highest BCUT2D eigenvalue weighted by molar-refractivity contribution is 6.15. The standard InChI is InChI=1S/C50H37N3O/c1-50(2)42-28-35(23-25-40(42)45-41(27-33-16-8-9-17-37(33)46(45)50)34-21-20-30-12-6-7-15-32(30)26-34)48-51-47(31-13-4-3-5-14-31)52-49(53-48)36-22-24-39-38-18-10-11-19-43(38)54-44(39)29-36/h3-25,27-29,32,48H,26H2,1-2H3,(H,51,52,53). The van der Waals surface area contributed by atoms with Crippen LogP contribution in [0.5, 0.6) is 0 Å². The van der Waals surface area contributed by atoms with Gasteiger partial charge in [-0.25, -0.2) is 9.98 Å². The van der Waals surface area contributed by atoms with Crippen LogP contribution in [-0.4, -0.2) is 11.7 Å². The second-order valence-electron chi connectivity index (χ2n) is 15.4. The largest absolute Gasteiger partial charge is 0.456 e. The number of nitrogens with one attached hydrogen (secondary N) is 1. The molecule has 0 radical (unpaired) electrons. The lowest BCUT2D eigenvalue weighted by Crippen LogP contribution is -2.33. The molecule has 0 bridgehead atoms. The molecule has 1 aliphatic heterocycles. The molecule has 54 heavy (non-hydrogen) atoms. The Kier molecular flexibility index (Phi) is 6.75. The first-order valence-electron chi connectivity index (χ1n) is 18.9. The summed E-state index contributed by atoms with van der Waals surface area (Å²) in [6.45, 7) is 4.78. The maximum atomic E-state index is 6.29. The number of allylic oxidation sites excluding steroid dienone is 8. The SMILES string of the molecule is CC1(C)c2cc(C3N=C(c4ccc5c(c4)oc4ccccc45)N=C(c4ccccc4)N3)ccc2-c2c(C3=CC=C4C=CC=CC4C3)cc3ccccc3c21. The lowest BCUT2D eigenvalue weighted by Gasteiger charge is -2.27. The molecule has 2 atom stereocenters. The number of para-hydroxylation sites is 1. The Bertz CT molecular complexity index is 2910. The Morgan fingerprint density at radius 3 is 2.43 bits per heavy atom. The quantitative estimate of drug-likeness (QED) is 0.199. The number of aliphatic imine (C=N–C) groups is 2. The predicted molar refractivity (Wildman–Crippen MR) is 223 cm³/mol. The van der Waals surface area contributed by atoms with Crippen LogP contribution in [-0.2, 0) is 5.41 Å². The molecule has 7 aromatic rings. The molecule has 4 nitrogen and oxygen atoms in total. The zero-order chi connectivity index (χ0) is 36.0. The van der Waals surface area contributed by atoms with E-state index < -0.39 is 0 Å². The predicted octanol–water partition coefficient (Wildman–Crippen LogP) is 12.0. The monoisotopic (exact) mass is 695 g/mol. The van der Waals surface area contributed by atoms with Gasteiger partial charge in [-0.2, -0.15) is 0 Å². The van der Waals surface area contributed by atoms with E-state index in [0.29, 0.717) is 11.8 Å². The van der Waals surface area contributed by atoms with Gasteiger partial charge in [-0.3, -0.25) is 0 Å². The molecule has 0 spiro atoms. The van der Waals surface area contributed by atoms with Crippen LogP contribution in [0.3, 0.4) is 0 Å². The number of hydrogen-bond donors (Lipinski definition) is 1. The maximum Gasteiger partial charge on any atom is 0.159 e. The minimum Gasteiger partial charge on any atom is -0.456 e. The average Bonchev–Trinajstić information content (AvgIpc) is 3.72. The van der Waals surface area contributed by atoms with E-state index in [4.69, 9.17) is 14.4 Å². The molecule has 1 N–H and O–H groups in total. The van der Waals surface area contributed by atoms with E-state index in [-0.39, 0.29) is 11.6 Å². The van der Waals surface area contributed by atoms with Gasteiger partial charge >= 0.3 is 0 Å². The summed E-state index contributed by atoms with van der Waals surface area (Å²) in [6.07, 6.45) is 14.3. The summed E-state index contributed by atoms with van der Waals surface area (Å²) >= 11 is 0. The van der Waals surface area contributed by atoms with E-state index in [9.17, 15) is 0 Å². The Hall–Kier alpha value is -6.52. The van der Waals surface area contributed by atoms with E-state index in [2.05, 4.69) is 159 Å². The summed E-state index contributed by atoms with van der Waals surface area (Å²) < 4.78 is 6.29. The number of furan rings is 1. The molecule has 0 amide bonds. The molecular weight excluding hydrogens is 659 g/mol.